The van der Waals surface area contributed by atoms with Gasteiger partial charge in [0.05, 0.1) is 11.5 Å². The Morgan fingerprint density at radius 2 is 2.18 bits per heavy atom. The Balaban J connectivity index is 2.09. The SMILES string of the molecule is CCN(C(=O)/C=C/c1ccc(C)c(Cl)c1)C1CCS(=O)(=O)C1. The van der Waals surface area contributed by atoms with E-state index in [1.165, 1.54) is 6.08 Å². The molecule has 1 unspecified atom stereocenters. The number of amides is 1. The van der Waals surface area contributed by atoms with Crippen LogP contribution in [0.2, 0.25) is 5.02 Å². The van der Waals surface area contributed by atoms with Crippen molar-refractivity contribution in [3.63, 3.8) is 0 Å². The highest BCUT2D eigenvalue weighted by atomic mass is 35.5. The van der Waals surface area contributed by atoms with Gasteiger partial charge in [0.1, 0.15) is 0 Å². The van der Waals surface area contributed by atoms with Crippen molar-refractivity contribution in [3.05, 3.63) is 40.4 Å². The van der Waals surface area contributed by atoms with E-state index in [9.17, 15) is 13.2 Å². The van der Waals surface area contributed by atoms with Crippen LogP contribution in [0.3, 0.4) is 0 Å². The van der Waals surface area contributed by atoms with Crippen molar-refractivity contribution in [2.45, 2.75) is 26.3 Å². The zero-order valence-corrected chi connectivity index (χ0v) is 14.3. The average Bonchev–Trinajstić information content (AvgIpc) is 2.81. The number of hydrogen-bond acceptors (Lipinski definition) is 3. The number of halogens is 1. The van der Waals surface area contributed by atoms with E-state index in [0.717, 1.165) is 11.1 Å². The van der Waals surface area contributed by atoms with Crippen molar-refractivity contribution in [2.75, 3.05) is 18.1 Å². The minimum absolute atomic E-state index is 0.0662. The molecule has 22 heavy (non-hydrogen) atoms. The predicted molar refractivity (Wildman–Crippen MR) is 89.7 cm³/mol. The molecule has 0 spiro atoms. The smallest absolute Gasteiger partial charge is 0.246 e. The maximum absolute atomic E-state index is 12.3. The quantitative estimate of drug-likeness (QED) is 0.791. The Kier molecular flexibility index (Phi) is 5.29. The van der Waals surface area contributed by atoms with E-state index in [4.69, 9.17) is 11.6 Å². The van der Waals surface area contributed by atoms with E-state index in [1.807, 2.05) is 26.0 Å². The number of carbonyl (C=O) groups excluding carboxylic acids is 1. The highest BCUT2D eigenvalue weighted by Crippen LogP contribution is 2.19. The summed E-state index contributed by atoms with van der Waals surface area (Å²) in [4.78, 5) is 13.9. The molecule has 1 fully saturated rings. The molecular formula is C16H20ClNO3S. The molecule has 0 saturated carbocycles. The highest BCUT2D eigenvalue weighted by molar-refractivity contribution is 7.91. The molecule has 1 aromatic rings. The zero-order valence-electron chi connectivity index (χ0n) is 12.8. The highest BCUT2D eigenvalue weighted by Gasteiger charge is 2.33. The molecule has 1 atom stereocenters. The van der Waals surface area contributed by atoms with Crippen LogP contribution in [0.1, 0.15) is 24.5 Å². The number of nitrogens with zero attached hydrogens (tertiary/aromatic N) is 1. The van der Waals surface area contributed by atoms with Gasteiger partial charge in [0.25, 0.3) is 0 Å². The maximum Gasteiger partial charge on any atom is 0.246 e. The van der Waals surface area contributed by atoms with E-state index in [2.05, 4.69) is 0 Å². The number of rotatable bonds is 4. The van der Waals surface area contributed by atoms with E-state index in [0.29, 0.717) is 18.0 Å². The van der Waals surface area contributed by atoms with Gasteiger partial charge in [-0.05, 0) is 43.5 Å². The molecule has 120 valence electrons. The van der Waals surface area contributed by atoms with Gasteiger partial charge >= 0.3 is 0 Å². The standard InChI is InChI=1S/C16H20ClNO3S/c1-3-18(14-8-9-22(20,21)11-14)16(19)7-6-13-5-4-12(2)15(17)10-13/h4-7,10,14H,3,8-9,11H2,1-2H3/b7-6+. The summed E-state index contributed by atoms with van der Waals surface area (Å²) in [5, 5.41) is 0.656. The lowest BCUT2D eigenvalue weighted by atomic mass is 10.1. The van der Waals surface area contributed by atoms with Crippen LogP contribution in [0.25, 0.3) is 6.08 Å². The van der Waals surface area contributed by atoms with Gasteiger partial charge in [-0.3, -0.25) is 4.79 Å². The van der Waals surface area contributed by atoms with Crippen molar-refractivity contribution in [1.82, 2.24) is 4.90 Å². The lowest BCUT2D eigenvalue weighted by Gasteiger charge is -2.25. The van der Waals surface area contributed by atoms with Gasteiger partial charge in [-0.2, -0.15) is 0 Å². The maximum atomic E-state index is 12.3. The number of aryl methyl sites for hydroxylation is 1. The van der Waals surface area contributed by atoms with Gasteiger partial charge in [0.15, 0.2) is 9.84 Å². The van der Waals surface area contributed by atoms with Crippen LogP contribution in [0.4, 0.5) is 0 Å². The fraction of sp³-hybridized carbons (Fsp3) is 0.438. The summed E-state index contributed by atoms with van der Waals surface area (Å²) >= 11 is 6.06. The van der Waals surface area contributed by atoms with Crippen molar-refractivity contribution in [2.24, 2.45) is 0 Å². The van der Waals surface area contributed by atoms with Crippen LogP contribution >= 0.6 is 11.6 Å². The van der Waals surface area contributed by atoms with E-state index < -0.39 is 9.84 Å². The lowest BCUT2D eigenvalue weighted by Crippen LogP contribution is -2.40. The van der Waals surface area contributed by atoms with E-state index in [-0.39, 0.29) is 23.5 Å². The molecule has 0 N–H and O–H groups in total. The summed E-state index contributed by atoms with van der Waals surface area (Å²) in [7, 11) is -3.00. The lowest BCUT2D eigenvalue weighted by molar-refractivity contribution is -0.127. The molecule has 1 aromatic carbocycles. The van der Waals surface area contributed by atoms with Gasteiger partial charge in [-0.15, -0.1) is 0 Å². The Morgan fingerprint density at radius 1 is 1.45 bits per heavy atom. The summed E-state index contributed by atoms with van der Waals surface area (Å²) in [6.07, 6.45) is 3.71. The first kappa shape index (κ1) is 17.0. The summed E-state index contributed by atoms with van der Waals surface area (Å²) in [6.45, 7) is 4.28. The fourth-order valence-electron chi connectivity index (χ4n) is 2.59. The predicted octanol–water partition coefficient (Wildman–Crippen LogP) is 2.70. The number of carbonyl (C=O) groups is 1. The fourth-order valence-corrected chi connectivity index (χ4v) is 4.51. The molecular weight excluding hydrogens is 322 g/mol. The third-order valence-corrected chi connectivity index (χ3v) is 6.04. The molecule has 6 heteroatoms. The van der Waals surface area contributed by atoms with Crippen molar-refractivity contribution in [1.29, 1.82) is 0 Å². The normalized spacial score (nSPS) is 20.4. The van der Waals surface area contributed by atoms with Gasteiger partial charge in [0.2, 0.25) is 5.91 Å². The molecule has 0 aromatic heterocycles. The first-order chi connectivity index (χ1) is 10.3. The third kappa shape index (κ3) is 4.11. The first-order valence-electron chi connectivity index (χ1n) is 7.27. The minimum atomic E-state index is -3.00. The second-order valence-corrected chi connectivity index (χ2v) is 8.16. The van der Waals surface area contributed by atoms with Crippen LogP contribution in [0.5, 0.6) is 0 Å². The summed E-state index contributed by atoms with van der Waals surface area (Å²) in [6, 6.07) is 5.38. The molecule has 1 heterocycles. The molecule has 2 rings (SSSR count). The van der Waals surface area contributed by atoms with Crippen LogP contribution in [-0.2, 0) is 14.6 Å². The number of sulfone groups is 1. The van der Waals surface area contributed by atoms with E-state index >= 15 is 0 Å². The van der Waals surface area contributed by atoms with Crippen LogP contribution in [0.15, 0.2) is 24.3 Å². The molecule has 0 bridgehead atoms. The van der Waals surface area contributed by atoms with Crippen molar-refractivity contribution < 1.29 is 13.2 Å². The van der Waals surface area contributed by atoms with Gasteiger partial charge < -0.3 is 4.90 Å². The summed E-state index contributed by atoms with van der Waals surface area (Å²) < 4.78 is 23.1. The second kappa shape index (κ2) is 6.84. The molecule has 4 nitrogen and oxygen atoms in total. The molecule has 1 saturated heterocycles. The van der Waals surface area contributed by atoms with Crippen LogP contribution in [-0.4, -0.2) is 43.3 Å². The molecule has 1 aliphatic rings. The monoisotopic (exact) mass is 341 g/mol. The van der Waals surface area contributed by atoms with E-state index in [1.54, 1.807) is 17.0 Å². The third-order valence-electron chi connectivity index (χ3n) is 3.89. The zero-order chi connectivity index (χ0) is 16.3. The van der Waals surface area contributed by atoms with Crippen LogP contribution < -0.4 is 0 Å². The second-order valence-electron chi connectivity index (χ2n) is 5.52. The Hall–Kier alpha value is -1.33. The summed E-state index contributed by atoms with van der Waals surface area (Å²) in [5.74, 6) is 0.0662. The van der Waals surface area contributed by atoms with Crippen molar-refractivity contribution >= 4 is 33.4 Å². The number of benzene rings is 1. The molecule has 0 radical (unpaired) electrons. The topological polar surface area (TPSA) is 54.5 Å². The molecule has 1 aliphatic heterocycles. The van der Waals surface area contributed by atoms with Gasteiger partial charge in [0, 0.05) is 23.7 Å². The number of hydrogen-bond donors (Lipinski definition) is 0. The van der Waals surface area contributed by atoms with Crippen molar-refractivity contribution in [3.8, 4) is 0 Å². The Morgan fingerprint density at radius 3 is 2.73 bits per heavy atom. The van der Waals surface area contributed by atoms with Gasteiger partial charge in [-0.1, -0.05) is 23.7 Å². The molecule has 1 amide bonds. The summed E-state index contributed by atoms with van der Waals surface area (Å²) in [5.41, 5.74) is 1.83. The van der Waals surface area contributed by atoms with Gasteiger partial charge in [-0.25, -0.2) is 8.42 Å². The minimum Gasteiger partial charge on any atom is -0.335 e. The Bertz CT molecular complexity index is 697. The number of likely N-dealkylation sites (N-methyl/N-ethyl adjacent to an activating group) is 1. The average molecular weight is 342 g/mol. The first-order valence-corrected chi connectivity index (χ1v) is 9.47. The van der Waals surface area contributed by atoms with Crippen LogP contribution in [0, 0.1) is 6.92 Å². The Labute approximate surface area is 136 Å². The molecule has 0 aliphatic carbocycles. The largest absolute Gasteiger partial charge is 0.335 e.